The van der Waals surface area contributed by atoms with Gasteiger partial charge in [-0.05, 0) is 29.8 Å². The van der Waals surface area contributed by atoms with E-state index in [-0.39, 0.29) is 11.3 Å². The smallest absolute Gasteiger partial charge is 0.261 e. The molecule has 3 rings (SSSR count). The molecule has 1 heterocycles. The summed E-state index contributed by atoms with van der Waals surface area (Å²) in [7, 11) is 0. The Balaban J connectivity index is 0.000000791. The fourth-order valence-corrected chi connectivity index (χ4v) is 2.90. The Morgan fingerprint density at radius 2 is 1.92 bits per heavy atom. The van der Waals surface area contributed by atoms with Crippen LogP contribution in [-0.2, 0) is 0 Å². The molecule has 26 heavy (non-hydrogen) atoms. The number of amides is 1. The summed E-state index contributed by atoms with van der Waals surface area (Å²) in [5.41, 5.74) is 1.83. The Morgan fingerprint density at radius 3 is 2.58 bits per heavy atom. The monoisotopic (exact) mass is 366 g/mol. The Labute approximate surface area is 153 Å². The van der Waals surface area contributed by atoms with E-state index in [9.17, 15) is 9.90 Å². The lowest BCUT2D eigenvalue weighted by atomic mass is 10.2. The standard InChI is InChI=1S/C15H12N4O2S.2CHN/c16-17-8-9-5-6-11-13(7-9)22-15(18-11)19-14(21)10-3-1-2-4-12(10)20;2*1-2/h1-8,20H,16H2,(H,18,19,21);2*1H. The van der Waals surface area contributed by atoms with Crippen LogP contribution >= 0.6 is 11.3 Å². The fourth-order valence-electron chi connectivity index (χ4n) is 1.99. The molecule has 1 amide bonds. The number of anilines is 1. The minimum absolute atomic E-state index is 0.0671. The molecule has 4 N–H and O–H groups in total. The Bertz CT molecular complexity index is 955. The van der Waals surface area contributed by atoms with E-state index in [0.29, 0.717) is 5.13 Å². The summed E-state index contributed by atoms with van der Waals surface area (Å²) < 4.78 is 0.907. The van der Waals surface area contributed by atoms with E-state index in [1.54, 1.807) is 24.4 Å². The van der Waals surface area contributed by atoms with Crippen LogP contribution in [0.25, 0.3) is 10.2 Å². The summed E-state index contributed by atoms with van der Waals surface area (Å²) >= 11 is 1.34. The first kappa shape index (κ1) is 20.1. The number of nitrogens with one attached hydrogen (secondary N) is 1. The van der Waals surface area contributed by atoms with Crippen molar-refractivity contribution in [1.29, 1.82) is 10.5 Å². The highest BCUT2D eigenvalue weighted by Crippen LogP contribution is 2.27. The van der Waals surface area contributed by atoms with Gasteiger partial charge in [-0.2, -0.15) is 5.10 Å². The third-order valence-electron chi connectivity index (χ3n) is 3.01. The molecule has 0 atom stereocenters. The van der Waals surface area contributed by atoms with Crippen molar-refractivity contribution in [3.63, 3.8) is 0 Å². The minimum atomic E-state index is -0.402. The summed E-state index contributed by atoms with van der Waals surface area (Å²) in [5, 5.41) is 29.3. The van der Waals surface area contributed by atoms with E-state index >= 15 is 0 Å². The highest BCUT2D eigenvalue weighted by atomic mass is 32.1. The number of para-hydroxylation sites is 1. The first-order valence-corrected chi connectivity index (χ1v) is 7.74. The third-order valence-corrected chi connectivity index (χ3v) is 3.94. The summed E-state index contributed by atoms with van der Waals surface area (Å²) in [4.78, 5) is 16.5. The summed E-state index contributed by atoms with van der Waals surface area (Å²) in [6.45, 7) is 7.00. The number of benzene rings is 2. The van der Waals surface area contributed by atoms with Crippen molar-refractivity contribution in [2.24, 2.45) is 10.9 Å². The van der Waals surface area contributed by atoms with Crippen molar-refractivity contribution in [3.05, 3.63) is 53.6 Å². The van der Waals surface area contributed by atoms with Crippen molar-refractivity contribution in [2.45, 2.75) is 0 Å². The predicted octanol–water partition coefficient (Wildman–Crippen LogP) is 2.83. The quantitative estimate of drug-likeness (QED) is 0.369. The molecule has 0 saturated heterocycles. The molecule has 0 aliphatic heterocycles. The first-order valence-electron chi connectivity index (χ1n) is 6.92. The van der Waals surface area contributed by atoms with Crippen molar-refractivity contribution < 1.29 is 9.90 Å². The van der Waals surface area contributed by atoms with Crippen molar-refractivity contribution in [2.75, 3.05) is 5.32 Å². The average molecular weight is 366 g/mol. The lowest BCUT2D eigenvalue weighted by Gasteiger charge is -2.03. The van der Waals surface area contributed by atoms with E-state index < -0.39 is 5.91 Å². The maximum absolute atomic E-state index is 12.1. The summed E-state index contributed by atoms with van der Waals surface area (Å²) in [5.74, 6) is 4.66. The van der Waals surface area contributed by atoms with Crippen molar-refractivity contribution in [1.82, 2.24) is 4.98 Å². The number of nitriles is 2. The molecule has 0 aliphatic rings. The van der Waals surface area contributed by atoms with E-state index in [4.69, 9.17) is 16.4 Å². The molecule has 2 aromatic carbocycles. The van der Waals surface area contributed by atoms with Crippen LogP contribution in [0, 0.1) is 23.7 Å². The zero-order valence-electron chi connectivity index (χ0n) is 13.4. The van der Waals surface area contributed by atoms with Gasteiger partial charge >= 0.3 is 0 Å². The van der Waals surface area contributed by atoms with Crippen molar-refractivity contribution in [3.8, 4) is 18.9 Å². The van der Waals surface area contributed by atoms with E-state index in [0.717, 1.165) is 15.8 Å². The van der Waals surface area contributed by atoms with Crippen LogP contribution in [0.15, 0.2) is 47.6 Å². The molecule has 0 aliphatic carbocycles. The second-order valence-electron chi connectivity index (χ2n) is 4.50. The fraction of sp³-hybridized carbons (Fsp3) is 0. The van der Waals surface area contributed by atoms with Gasteiger partial charge in [0, 0.05) is 13.1 Å². The number of nitrogens with two attached hydrogens (primary N) is 1. The number of hydrogen-bond acceptors (Lipinski definition) is 8. The van der Waals surface area contributed by atoms with E-state index in [1.165, 1.54) is 17.4 Å². The second-order valence-corrected chi connectivity index (χ2v) is 5.53. The zero-order chi connectivity index (χ0) is 19.5. The third kappa shape index (κ3) is 4.77. The molecule has 0 spiro atoms. The molecule has 0 unspecified atom stereocenters. The molecule has 3 aromatic rings. The predicted molar refractivity (Wildman–Crippen MR) is 101 cm³/mol. The molecule has 9 heteroatoms. The number of phenolic OH excluding ortho intramolecular Hbond substituents is 1. The van der Waals surface area contributed by atoms with Crippen molar-refractivity contribution >= 4 is 38.8 Å². The molecule has 0 saturated carbocycles. The lowest BCUT2D eigenvalue weighted by molar-refractivity contribution is 0.102. The molecular weight excluding hydrogens is 352 g/mol. The Morgan fingerprint density at radius 1 is 1.23 bits per heavy atom. The van der Waals surface area contributed by atoms with Gasteiger partial charge in [-0.25, -0.2) is 15.5 Å². The van der Waals surface area contributed by atoms with Gasteiger partial charge in [-0.1, -0.05) is 29.5 Å². The number of aromatic nitrogens is 1. The molecule has 0 fully saturated rings. The molecule has 1 aromatic heterocycles. The van der Waals surface area contributed by atoms with Crippen LogP contribution in [0.3, 0.4) is 0 Å². The van der Waals surface area contributed by atoms with Crippen LogP contribution in [0.5, 0.6) is 5.75 Å². The number of carbonyl (C=O) groups is 1. The number of hydrogen-bond donors (Lipinski definition) is 3. The van der Waals surface area contributed by atoms with Gasteiger partial charge in [0.1, 0.15) is 5.75 Å². The van der Waals surface area contributed by atoms with Gasteiger partial charge in [-0.3, -0.25) is 10.1 Å². The minimum Gasteiger partial charge on any atom is -0.507 e. The topological polar surface area (TPSA) is 148 Å². The van der Waals surface area contributed by atoms with Crippen LogP contribution in [0.1, 0.15) is 15.9 Å². The zero-order valence-corrected chi connectivity index (χ0v) is 14.2. The number of phenols is 1. The van der Waals surface area contributed by atoms with Gasteiger partial charge < -0.3 is 10.9 Å². The lowest BCUT2D eigenvalue weighted by Crippen LogP contribution is -2.11. The van der Waals surface area contributed by atoms with Crippen LogP contribution in [-0.4, -0.2) is 22.2 Å². The SMILES string of the molecule is C#N.C#N.NN=Cc1ccc2nc(NC(=O)c3ccccc3O)sc2c1. The normalized spacial score (nSPS) is 9.54. The summed E-state index contributed by atoms with van der Waals surface area (Å²) in [6.07, 6.45) is 1.54. The van der Waals surface area contributed by atoms with Crippen LogP contribution in [0.2, 0.25) is 0 Å². The maximum atomic E-state index is 12.1. The molecular formula is C17H14N6O2S. The first-order chi connectivity index (χ1) is 12.7. The molecule has 8 nitrogen and oxygen atoms in total. The number of carbonyl (C=O) groups excluding carboxylic acids is 1. The molecule has 0 radical (unpaired) electrons. The Hall–Kier alpha value is -3.95. The van der Waals surface area contributed by atoms with Gasteiger partial charge in [0.15, 0.2) is 5.13 Å². The number of nitrogens with zero attached hydrogens (tertiary/aromatic N) is 4. The van der Waals surface area contributed by atoms with Gasteiger partial charge in [0.05, 0.1) is 22.0 Å². The largest absolute Gasteiger partial charge is 0.507 e. The Kier molecular flexibility index (Phi) is 7.75. The van der Waals surface area contributed by atoms with Gasteiger partial charge in [-0.15, -0.1) is 0 Å². The molecule has 0 bridgehead atoms. The van der Waals surface area contributed by atoms with E-state index in [1.807, 2.05) is 18.2 Å². The highest BCUT2D eigenvalue weighted by Gasteiger charge is 2.13. The van der Waals surface area contributed by atoms with Crippen LogP contribution in [0.4, 0.5) is 5.13 Å². The highest BCUT2D eigenvalue weighted by molar-refractivity contribution is 7.22. The van der Waals surface area contributed by atoms with Crippen LogP contribution < -0.4 is 11.2 Å². The number of rotatable bonds is 3. The number of fused-ring (bicyclic) bond motifs is 1. The van der Waals surface area contributed by atoms with Gasteiger partial charge in [0.2, 0.25) is 0 Å². The van der Waals surface area contributed by atoms with Gasteiger partial charge in [0.25, 0.3) is 5.91 Å². The maximum Gasteiger partial charge on any atom is 0.261 e. The molecule has 130 valence electrons. The number of hydrazone groups is 1. The number of aromatic hydroxyl groups is 1. The average Bonchev–Trinajstić information content (AvgIpc) is 3.07. The second kappa shape index (κ2) is 10.0. The summed E-state index contributed by atoms with van der Waals surface area (Å²) in [6, 6.07) is 11.9. The number of thiazole rings is 1. The van der Waals surface area contributed by atoms with E-state index in [2.05, 4.69) is 28.5 Å².